The minimum Gasteiger partial charge on any atom is -0.478 e. The minimum atomic E-state index is -1.04. The standard InChI is InChI=1S/C15H21N3O3/c1-10-4-3-5-12(13(10)14(19)20)17-15(21)16-11-6-8-18(2)9-7-11/h3-5,11H,6-9H2,1-2H3,(H,19,20)(H2,16,17,21). The van der Waals surface area contributed by atoms with E-state index in [0.717, 1.165) is 25.9 Å². The second-order valence-electron chi connectivity index (χ2n) is 5.48. The van der Waals surface area contributed by atoms with Crippen molar-refractivity contribution in [1.29, 1.82) is 0 Å². The lowest BCUT2D eigenvalue weighted by Gasteiger charge is -2.29. The number of likely N-dealkylation sites (tertiary alicyclic amines) is 1. The van der Waals surface area contributed by atoms with Crippen LogP contribution in [0.25, 0.3) is 0 Å². The van der Waals surface area contributed by atoms with Crippen LogP contribution in [0.4, 0.5) is 10.5 Å². The molecule has 0 aromatic heterocycles. The maximum Gasteiger partial charge on any atom is 0.338 e. The number of benzene rings is 1. The average Bonchev–Trinajstić information content (AvgIpc) is 2.41. The number of carbonyl (C=O) groups is 2. The van der Waals surface area contributed by atoms with E-state index in [0.29, 0.717) is 11.3 Å². The molecule has 1 fully saturated rings. The van der Waals surface area contributed by atoms with Gasteiger partial charge in [0, 0.05) is 6.04 Å². The number of amides is 2. The van der Waals surface area contributed by atoms with E-state index >= 15 is 0 Å². The third kappa shape index (κ3) is 3.95. The van der Waals surface area contributed by atoms with Crippen molar-refractivity contribution in [2.24, 2.45) is 0 Å². The van der Waals surface area contributed by atoms with Crippen molar-refractivity contribution < 1.29 is 14.7 Å². The summed E-state index contributed by atoms with van der Waals surface area (Å²) in [7, 11) is 2.06. The lowest BCUT2D eigenvalue weighted by molar-refractivity contribution is 0.0697. The summed E-state index contributed by atoms with van der Waals surface area (Å²) in [5.41, 5.74) is 1.09. The van der Waals surface area contributed by atoms with E-state index in [1.165, 1.54) is 0 Å². The van der Waals surface area contributed by atoms with E-state index in [9.17, 15) is 14.7 Å². The maximum absolute atomic E-state index is 12.0. The number of carboxylic acid groups (broad SMARTS) is 1. The topological polar surface area (TPSA) is 81.7 Å². The fourth-order valence-electron chi connectivity index (χ4n) is 2.55. The Morgan fingerprint density at radius 3 is 2.57 bits per heavy atom. The number of piperidine rings is 1. The number of nitrogens with zero attached hydrogens (tertiary/aromatic N) is 1. The second-order valence-corrected chi connectivity index (χ2v) is 5.48. The van der Waals surface area contributed by atoms with Crippen molar-refractivity contribution in [3.63, 3.8) is 0 Å². The largest absolute Gasteiger partial charge is 0.478 e. The van der Waals surface area contributed by atoms with Gasteiger partial charge in [-0.05, 0) is 51.5 Å². The summed E-state index contributed by atoms with van der Waals surface area (Å²) in [4.78, 5) is 25.5. The van der Waals surface area contributed by atoms with Crippen molar-refractivity contribution in [3.05, 3.63) is 29.3 Å². The highest BCUT2D eigenvalue weighted by Crippen LogP contribution is 2.19. The zero-order valence-electron chi connectivity index (χ0n) is 12.3. The molecule has 1 aliphatic rings. The third-order valence-electron chi connectivity index (χ3n) is 3.79. The van der Waals surface area contributed by atoms with Crippen molar-refractivity contribution >= 4 is 17.7 Å². The summed E-state index contributed by atoms with van der Waals surface area (Å²) >= 11 is 0. The number of hydrogen-bond donors (Lipinski definition) is 3. The van der Waals surface area contributed by atoms with Crippen molar-refractivity contribution in [1.82, 2.24) is 10.2 Å². The molecule has 3 N–H and O–H groups in total. The molecule has 0 spiro atoms. The summed E-state index contributed by atoms with van der Waals surface area (Å²) in [6.45, 7) is 3.62. The van der Waals surface area contributed by atoms with Gasteiger partial charge in [0.05, 0.1) is 11.3 Å². The molecule has 2 rings (SSSR count). The van der Waals surface area contributed by atoms with Crippen molar-refractivity contribution in [2.75, 3.05) is 25.5 Å². The number of hydrogen-bond acceptors (Lipinski definition) is 3. The molecule has 114 valence electrons. The first-order chi connectivity index (χ1) is 9.97. The maximum atomic E-state index is 12.0. The number of aryl methyl sites for hydroxylation is 1. The van der Waals surface area contributed by atoms with Crippen molar-refractivity contribution in [2.45, 2.75) is 25.8 Å². The monoisotopic (exact) mass is 291 g/mol. The lowest BCUT2D eigenvalue weighted by atomic mass is 10.1. The molecule has 1 saturated heterocycles. The molecular weight excluding hydrogens is 270 g/mol. The lowest BCUT2D eigenvalue weighted by Crippen LogP contribution is -2.45. The number of nitrogens with one attached hydrogen (secondary N) is 2. The number of carbonyl (C=O) groups excluding carboxylic acids is 1. The minimum absolute atomic E-state index is 0.135. The first-order valence-electron chi connectivity index (χ1n) is 7.06. The smallest absolute Gasteiger partial charge is 0.338 e. The summed E-state index contributed by atoms with van der Waals surface area (Å²) in [5, 5.41) is 14.8. The molecule has 6 heteroatoms. The van der Waals surface area contributed by atoms with Crippen LogP contribution in [0, 0.1) is 6.92 Å². The Morgan fingerprint density at radius 2 is 1.95 bits per heavy atom. The van der Waals surface area contributed by atoms with E-state index < -0.39 is 5.97 Å². The Hall–Kier alpha value is -2.08. The Labute approximate surface area is 124 Å². The highest BCUT2D eigenvalue weighted by molar-refractivity contribution is 6.01. The Bertz CT molecular complexity index is 537. The van der Waals surface area contributed by atoms with Gasteiger partial charge >= 0.3 is 12.0 Å². The Kier molecular flexibility index (Phi) is 4.80. The van der Waals surface area contributed by atoms with Crippen LogP contribution in [0.3, 0.4) is 0 Å². The molecule has 1 heterocycles. The number of urea groups is 1. The molecule has 0 aliphatic carbocycles. The molecular formula is C15H21N3O3. The Balaban J connectivity index is 2.00. The van der Waals surface area contributed by atoms with Gasteiger partial charge in [-0.15, -0.1) is 0 Å². The van der Waals surface area contributed by atoms with Gasteiger partial charge in [-0.1, -0.05) is 12.1 Å². The molecule has 0 unspecified atom stereocenters. The van der Waals surface area contributed by atoms with Gasteiger partial charge in [0.15, 0.2) is 0 Å². The van der Waals surface area contributed by atoms with Gasteiger partial charge in [0.25, 0.3) is 0 Å². The highest BCUT2D eigenvalue weighted by Gasteiger charge is 2.20. The predicted molar refractivity (Wildman–Crippen MR) is 80.8 cm³/mol. The van der Waals surface area contributed by atoms with Gasteiger partial charge < -0.3 is 20.6 Å². The number of rotatable bonds is 3. The van der Waals surface area contributed by atoms with Gasteiger partial charge in [-0.3, -0.25) is 0 Å². The average molecular weight is 291 g/mol. The number of carboxylic acids is 1. The van der Waals surface area contributed by atoms with Crippen LogP contribution in [0.1, 0.15) is 28.8 Å². The second kappa shape index (κ2) is 6.58. The van der Waals surface area contributed by atoms with Crippen LogP contribution in [-0.4, -0.2) is 48.2 Å². The van der Waals surface area contributed by atoms with Crippen LogP contribution >= 0.6 is 0 Å². The van der Waals surface area contributed by atoms with Crippen LogP contribution in [0.15, 0.2) is 18.2 Å². The molecule has 0 saturated carbocycles. The summed E-state index contributed by atoms with van der Waals surface area (Å²) < 4.78 is 0. The van der Waals surface area contributed by atoms with E-state index in [1.54, 1.807) is 25.1 Å². The first-order valence-corrected chi connectivity index (χ1v) is 7.06. The van der Waals surface area contributed by atoms with Crippen LogP contribution in [0.5, 0.6) is 0 Å². The molecule has 2 amide bonds. The van der Waals surface area contributed by atoms with E-state index in [-0.39, 0.29) is 17.6 Å². The zero-order valence-corrected chi connectivity index (χ0v) is 12.3. The highest BCUT2D eigenvalue weighted by atomic mass is 16.4. The normalized spacial score (nSPS) is 16.5. The quantitative estimate of drug-likeness (QED) is 0.794. The van der Waals surface area contributed by atoms with E-state index in [2.05, 4.69) is 22.6 Å². The van der Waals surface area contributed by atoms with Gasteiger partial charge in [0.2, 0.25) is 0 Å². The molecule has 1 aromatic carbocycles. The molecule has 0 radical (unpaired) electrons. The molecule has 0 atom stereocenters. The molecule has 1 aliphatic heterocycles. The van der Waals surface area contributed by atoms with Gasteiger partial charge in [-0.2, -0.15) is 0 Å². The summed E-state index contributed by atoms with van der Waals surface area (Å²) in [5.74, 6) is -1.04. The predicted octanol–water partition coefficient (Wildman–Crippen LogP) is 1.91. The molecule has 21 heavy (non-hydrogen) atoms. The Morgan fingerprint density at radius 1 is 1.29 bits per heavy atom. The number of anilines is 1. The number of aromatic carboxylic acids is 1. The summed E-state index contributed by atoms with van der Waals surface area (Å²) in [6.07, 6.45) is 1.81. The van der Waals surface area contributed by atoms with E-state index in [1.807, 2.05) is 0 Å². The fourth-order valence-corrected chi connectivity index (χ4v) is 2.55. The van der Waals surface area contributed by atoms with Gasteiger partial charge in [0.1, 0.15) is 0 Å². The SMILES string of the molecule is Cc1cccc(NC(=O)NC2CCN(C)CC2)c1C(=O)O. The zero-order chi connectivity index (χ0) is 15.4. The molecule has 1 aromatic rings. The molecule has 0 bridgehead atoms. The third-order valence-corrected chi connectivity index (χ3v) is 3.79. The van der Waals surface area contributed by atoms with Crippen LogP contribution in [-0.2, 0) is 0 Å². The molecule has 6 nitrogen and oxygen atoms in total. The van der Waals surface area contributed by atoms with Crippen molar-refractivity contribution in [3.8, 4) is 0 Å². The van der Waals surface area contributed by atoms with E-state index in [4.69, 9.17) is 0 Å². The van der Waals surface area contributed by atoms with Crippen LogP contribution < -0.4 is 10.6 Å². The summed E-state index contributed by atoms with van der Waals surface area (Å²) in [6, 6.07) is 4.83. The fraction of sp³-hybridized carbons (Fsp3) is 0.467. The van der Waals surface area contributed by atoms with Crippen LogP contribution in [0.2, 0.25) is 0 Å². The first kappa shape index (κ1) is 15.3. The van der Waals surface area contributed by atoms with Gasteiger partial charge in [-0.25, -0.2) is 9.59 Å².